The van der Waals surface area contributed by atoms with Gasteiger partial charge in [-0.15, -0.1) is 0 Å². The Kier molecular flexibility index (Phi) is 7.67. The van der Waals surface area contributed by atoms with Crippen LogP contribution in [0.3, 0.4) is 0 Å². The van der Waals surface area contributed by atoms with Gasteiger partial charge in [0.25, 0.3) is 5.91 Å². The monoisotopic (exact) mass is 498 g/mol. The number of nitrogens with zero attached hydrogens (tertiary/aromatic N) is 3. The Morgan fingerprint density at radius 2 is 1.78 bits per heavy atom. The van der Waals surface area contributed by atoms with Crippen LogP contribution in [0.25, 0.3) is 33.2 Å². The largest absolute Gasteiger partial charge is 0.481 e. The fourth-order valence-electron chi connectivity index (χ4n) is 4.15. The Bertz CT molecular complexity index is 1500. The summed E-state index contributed by atoms with van der Waals surface area (Å²) in [5.41, 5.74) is 9.54. The summed E-state index contributed by atoms with van der Waals surface area (Å²) in [6.07, 6.45) is 4.73. The summed E-state index contributed by atoms with van der Waals surface area (Å²) in [5, 5.41) is 14.6. The van der Waals surface area contributed by atoms with Gasteiger partial charge in [0.15, 0.2) is 0 Å². The van der Waals surface area contributed by atoms with Gasteiger partial charge in [-0.05, 0) is 54.3 Å². The first kappa shape index (κ1) is 25.6. The van der Waals surface area contributed by atoms with E-state index in [9.17, 15) is 9.59 Å². The van der Waals surface area contributed by atoms with Crippen molar-refractivity contribution in [3.8, 4) is 11.3 Å². The van der Waals surface area contributed by atoms with Gasteiger partial charge < -0.3 is 15.3 Å². The van der Waals surface area contributed by atoms with E-state index in [1.807, 2.05) is 41.2 Å². The van der Waals surface area contributed by atoms with Crippen LogP contribution >= 0.6 is 0 Å². The highest BCUT2D eigenvalue weighted by Gasteiger charge is 2.20. The minimum Gasteiger partial charge on any atom is -0.481 e. The summed E-state index contributed by atoms with van der Waals surface area (Å²) in [7, 11) is 0. The molecule has 8 heteroatoms. The maximum absolute atomic E-state index is 11.4. The molecular formula is C29H30N4O4. The van der Waals surface area contributed by atoms with Gasteiger partial charge in [-0.2, -0.15) is 5.10 Å². The summed E-state index contributed by atoms with van der Waals surface area (Å²) in [6, 6.07) is 19.9. The first-order valence-electron chi connectivity index (χ1n) is 12.2. The van der Waals surface area contributed by atoms with Crippen LogP contribution in [-0.4, -0.2) is 31.7 Å². The van der Waals surface area contributed by atoms with Gasteiger partial charge in [-0.25, -0.2) is 0 Å². The highest BCUT2D eigenvalue weighted by atomic mass is 16.4. The van der Waals surface area contributed by atoms with Crippen LogP contribution in [0.4, 0.5) is 0 Å². The number of fused-ring (bicyclic) bond motifs is 2. The maximum Gasteiger partial charge on any atom is 0.303 e. The van der Waals surface area contributed by atoms with Crippen molar-refractivity contribution in [3.63, 3.8) is 0 Å². The van der Waals surface area contributed by atoms with Gasteiger partial charge in [0.1, 0.15) is 17.0 Å². The number of nitrogens with two attached hydrogens (primary N) is 1. The predicted octanol–water partition coefficient (Wildman–Crippen LogP) is 6.06. The molecular weight excluding hydrogens is 468 g/mol. The normalized spacial score (nSPS) is 11.9. The second-order valence-corrected chi connectivity index (χ2v) is 9.24. The molecule has 0 aliphatic heterocycles. The maximum atomic E-state index is 11.4. The second-order valence-electron chi connectivity index (χ2n) is 9.24. The molecule has 190 valence electrons. The molecule has 5 aromatic rings. The van der Waals surface area contributed by atoms with E-state index >= 15 is 0 Å². The van der Waals surface area contributed by atoms with Crippen LogP contribution < -0.4 is 5.73 Å². The topological polar surface area (TPSA) is 124 Å². The van der Waals surface area contributed by atoms with Crippen molar-refractivity contribution >= 4 is 33.7 Å². The molecule has 3 heterocycles. The van der Waals surface area contributed by atoms with Gasteiger partial charge in [-0.3, -0.25) is 19.3 Å². The highest BCUT2D eigenvalue weighted by Crippen LogP contribution is 2.33. The van der Waals surface area contributed by atoms with Crippen molar-refractivity contribution < 1.29 is 19.1 Å². The summed E-state index contributed by atoms with van der Waals surface area (Å²) in [6.45, 7) is 5.97. The smallest absolute Gasteiger partial charge is 0.303 e. The zero-order valence-corrected chi connectivity index (χ0v) is 21.1. The third-order valence-electron chi connectivity index (χ3n) is 6.02. The number of carbonyl (C=O) groups is 2. The third-order valence-corrected chi connectivity index (χ3v) is 6.02. The van der Waals surface area contributed by atoms with E-state index in [1.54, 1.807) is 19.2 Å². The summed E-state index contributed by atoms with van der Waals surface area (Å²) in [4.78, 5) is 25.0. The lowest BCUT2D eigenvalue weighted by atomic mass is 9.97. The highest BCUT2D eigenvalue weighted by molar-refractivity contribution is 5.90. The third kappa shape index (κ3) is 5.86. The van der Waals surface area contributed by atoms with Gasteiger partial charge >= 0.3 is 5.97 Å². The molecule has 3 aromatic heterocycles. The van der Waals surface area contributed by atoms with Gasteiger partial charge in [0, 0.05) is 29.0 Å². The number of hydrogen-bond acceptors (Lipinski definition) is 5. The second kappa shape index (κ2) is 11.1. The van der Waals surface area contributed by atoms with Crippen molar-refractivity contribution in [1.82, 2.24) is 14.8 Å². The van der Waals surface area contributed by atoms with Crippen LogP contribution in [0.5, 0.6) is 0 Å². The number of primary amides is 1. The van der Waals surface area contributed by atoms with E-state index in [0.717, 1.165) is 45.2 Å². The van der Waals surface area contributed by atoms with Crippen LogP contribution in [-0.2, 0) is 4.79 Å². The van der Waals surface area contributed by atoms with Crippen molar-refractivity contribution in [1.29, 1.82) is 0 Å². The van der Waals surface area contributed by atoms with Gasteiger partial charge in [0.05, 0.1) is 17.8 Å². The average molecular weight is 499 g/mol. The predicted molar refractivity (Wildman–Crippen MR) is 143 cm³/mol. The minimum absolute atomic E-state index is 0.000947. The quantitative estimate of drug-likeness (QED) is 0.281. The Labute approximate surface area is 214 Å². The SMILES string of the molecule is CC(C)CC(c1ccc(C(N)=O)nc1)n1ncc2cc(-c3cc4ccccc4o3)ccc21.CCC(=O)O. The lowest BCUT2D eigenvalue weighted by Gasteiger charge is -2.21. The molecule has 0 saturated carbocycles. The van der Waals surface area contributed by atoms with E-state index in [0.29, 0.717) is 5.92 Å². The molecule has 0 aliphatic rings. The number of aliphatic carboxylic acids is 1. The average Bonchev–Trinajstić information content (AvgIpc) is 3.51. The van der Waals surface area contributed by atoms with E-state index in [1.165, 1.54) is 0 Å². The number of amides is 1. The Morgan fingerprint density at radius 1 is 1.03 bits per heavy atom. The molecule has 0 bridgehead atoms. The molecule has 1 atom stereocenters. The molecule has 0 fully saturated rings. The van der Waals surface area contributed by atoms with Crippen molar-refractivity contribution in [2.24, 2.45) is 11.7 Å². The van der Waals surface area contributed by atoms with Gasteiger partial charge in [-0.1, -0.05) is 45.0 Å². The molecule has 2 aromatic carbocycles. The first-order chi connectivity index (χ1) is 17.8. The van der Waals surface area contributed by atoms with Crippen molar-refractivity contribution in [2.45, 2.75) is 39.7 Å². The van der Waals surface area contributed by atoms with E-state index < -0.39 is 11.9 Å². The van der Waals surface area contributed by atoms with Crippen LogP contribution in [0.15, 0.2) is 77.5 Å². The fraction of sp³-hybridized carbons (Fsp3) is 0.241. The van der Waals surface area contributed by atoms with E-state index in [2.05, 4.69) is 43.1 Å². The number of aromatic nitrogens is 3. The molecule has 0 spiro atoms. The number of carboxylic acid groups (broad SMARTS) is 1. The number of carbonyl (C=O) groups excluding carboxylic acids is 1. The summed E-state index contributed by atoms with van der Waals surface area (Å²) in [5.74, 6) is 0.0142. The number of hydrogen-bond donors (Lipinski definition) is 2. The molecule has 8 nitrogen and oxygen atoms in total. The first-order valence-corrected chi connectivity index (χ1v) is 12.2. The van der Waals surface area contributed by atoms with Crippen molar-refractivity contribution in [3.05, 3.63) is 84.3 Å². The van der Waals surface area contributed by atoms with Crippen LogP contribution in [0.2, 0.25) is 0 Å². The van der Waals surface area contributed by atoms with Gasteiger partial charge in [0.2, 0.25) is 0 Å². The Balaban J connectivity index is 0.000000586. The number of para-hydroxylation sites is 1. The molecule has 0 aliphatic carbocycles. The zero-order valence-electron chi connectivity index (χ0n) is 21.1. The number of furan rings is 1. The molecule has 37 heavy (non-hydrogen) atoms. The molecule has 3 N–H and O–H groups in total. The molecule has 1 amide bonds. The lowest BCUT2D eigenvalue weighted by Crippen LogP contribution is -2.17. The lowest BCUT2D eigenvalue weighted by molar-refractivity contribution is -0.136. The summed E-state index contributed by atoms with van der Waals surface area (Å²) < 4.78 is 8.08. The Hall–Kier alpha value is -4.46. The molecule has 5 rings (SSSR count). The van der Waals surface area contributed by atoms with Crippen LogP contribution in [0, 0.1) is 5.92 Å². The number of rotatable bonds is 7. The fourth-order valence-corrected chi connectivity index (χ4v) is 4.15. The van der Waals surface area contributed by atoms with Crippen LogP contribution in [0.1, 0.15) is 55.7 Å². The number of benzene rings is 2. The zero-order chi connectivity index (χ0) is 26.5. The van der Waals surface area contributed by atoms with E-state index in [4.69, 9.17) is 20.4 Å². The molecule has 1 unspecified atom stereocenters. The molecule has 0 radical (unpaired) electrons. The number of pyridine rings is 1. The molecule has 0 saturated heterocycles. The Morgan fingerprint density at radius 3 is 2.41 bits per heavy atom. The standard InChI is InChI=1S/C26H24N4O2.C3H6O2/c1-16(2)11-23(19-7-9-21(26(27)31)28-14-19)30-22-10-8-18(12-20(22)15-29-30)25-13-17-5-3-4-6-24(17)32-25;1-2-3(4)5/h3-10,12-16,23H,11H2,1-2H3,(H2,27,31);2H2,1H3,(H,4,5). The summed E-state index contributed by atoms with van der Waals surface area (Å²) >= 11 is 0. The minimum atomic E-state index is -0.745. The van der Waals surface area contributed by atoms with E-state index in [-0.39, 0.29) is 18.2 Å². The van der Waals surface area contributed by atoms with Crippen molar-refractivity contribution in [2.75, 3.05) is 0 Å². The number of carboxylic acids is 1.